The average Bonchev–Trinajstić information content (AvgIpc) is 2.21. The number of aryl methyl sites for hydroxylation is 1. The molecule has 0 spiro atoms. The van der Waals surface area contributed by atoms with Crippen LogP contribution in [0.4, 0.5) is 18.9 Å². The van der Waals surface area contributed by atoms with Crippen molar-refractivity contribution in [1.82, 2.24) is 4.57 Å². The molecule has 0 amide bonds. The highest BCUT2D eigenvalue weighted by atomic mass is 19.4. The summed E-state index contributed by atoms with van der Waals surface area (Å²) in [6, 6.07) is 4.82. The first-order valence-corrected chi connectivity index (χ1v) is 4.77. The lowest BCUT2D eigenvalue weighted by molar-refractivity contribution is -0.143. The van der Waals surface area contributed by atoms with Crippen molar-refractivity contribution in [1.29, 1.82) is 0 Å². The molecule has 90 valence electrons. The average molecular weight is 242 g/mol. The van der Waals surface area contributed by atoms with Crippen molar-refractivity contribution >= 4 is 16.6 Å². The minimum absolute atomic E-state index is 0.181. The number of nitrogens with two attached hydrogens (primary N) is 1. The lowest BCUT2D eigenvalue weighted by atomic mass is 10.1. The number of hydrogen-bond acceptors (Lipinski definition) is 2. The highest BCUT2D eigenvalue weighted by Crippen LogP contribution is 2.29. The molecule has 0 radical (unpaired) electrons. The van der Waals surface area contributed by atoms with Crippen LogP contribution in [0.1, 0.15) is 5.69 Å². The highest BCUT2D eigenvalue weighted by molar-refractivity contribution is 5.82. The third-order valence-electron chi connectivity index (χ3n) is 2.57. The number of alkyl halides is 3. The highest BCUT2D eigenvalue weighted by Gasteiger charge is 2.34. The fraction of sp³-hybridized carbons (Fsp3) is 0.182. The fourth-order valence-electron chi connectivity index (χ4n) is 1.74. The Kier molecular flexibility index (Phi) is 2.38. The van der Waals surface area contributed by atoms with Gasteiger partial charge < -0.3 is 10.3 Å². The number of halogens is 3. The topological polar surface area (TPSA) is 48.0 Å². The maximum Gasteiger partial charge on any atom is 0.431 e. The summed E-state index contributed by atoms with van der Waals surface area (Å²) in [7, 11) is 1.26. The number of hydrogen-bond donors (Lipinski definition) is 1. The van der Waals surface area contributed by atoms with Gasteiger partial charge in [0.05, 0.1) is 5.52 Å². The van der Waals surface area contributed by atoms with Crippen LogP contribution in [-0.2, 0) is 13.2 Å². The van der Waals surface area contributed by atoms with E-state index >= 15 is 0 Å². The maximum atomic E-state index is 12.7. The van der Waals surface area contributed by atoms with Crippen molar-refractivity contribution < 1.29 is 13.2 Å². The summed E-state index contributed by atoms with van der Waals surface area (Å²) < 4.78 is 38.9. The van der Waals surface area contributed by atoms with Gasteiger partial charge in [-0.05, 0) is 18.2 Å². The molecule has 0 aliphatic rings. The number of nitrogen functional groups attached to an aromatic ring is 1. The zero-order valence-electron chi connectivity index (χ0n) is 8.88. The second kappa shape index (κ2) is 3.51. The number of benzene rings is 1. The van der Waals surface area contributed by atoms with Crippen LogP contribution >= 0.6 is 0 Å². The number of nitrogens with zero attached hydrogens (tertiary/aromatic N) is 1. The third kappa shape index (κ3) is 1.86. The van der Waals surface area contributed by atoms with Gasteiger partial charge in [-0.3, -0.25) is 4.79 Å². The number of rotatable bonds is 0. The molecule has 0 bridgehead atoms. The van der Waals surface area contributed by atoms with Crippen LogP contribution in [0, 0.1) is 0 Å². The Hall–Kier alpha value is -1.98. The van der Waals surface area contributed by atoms with Crippen LogP contribution in [0.25, 0.3) is 10.9 Å². The Morgan fingerprint density at radius 1 is 1.24 bits per heavy atom. The molecule has 2 rings (SSSR count). The van der Waals surface area contributed by atoms with Crippen LogP contribution in [0.3, 0.4) is 0 Å². The fourth-order valence-corrected chi connectivity index (χ4v) is 1.74. The summed E-state index contributed by atoms with van der Waals surface area (Å²) >= 11 is 0. The minimum Gasteiger partial charge on any atom is -0.399 e. The molecule has 0 atom stereocenters. The maximum absolute atomic E-state index is 12.7. The minimum atomic E-state index is -4.55. The molecule has 0 saturated heterocycles. The molecule has 17 heavy (non-hydrogen) atoms. The van der Waals surface area contributed by atoms with Crippen molar-refractivity contribution in [3.63, 3.8) is 0 Å². The largest absolute Gasteiger partial charge is 0.431 e. The summed E-state index contributed by atoms with van der Waals surface area (Å²) in [4.78, 5) is 11.6. The number of fused-ring (bicyclic) bond motifs is 1. The molecule has 0 aliphatic heterocycles. The lowest BCUT2D eigenvalue weighted by Gasteiger charge is -2.14. The van der Waals surface area contributed by atoms with Gasteiger partial charge in [-0.1, -0.05) is 0 Å². The Balaban J connectivity index is 2.91. The molecule has 3 nitrogen and oxygen atoms in total. The summed E-state index contributed by atoms with van der Waals surface area (Å²) in [6.45, 7) is 0. The van der Waals surface area contributed by atoms with Crippen LogP contribution < -0.4 is 11.2 Å². The van der Waals surface area contributed by atoms with E-state index in [0.717, 1.165) is 4.57 Å². The van der Waals surface area contributed by atoms with E-state index in [0.29, 0.717) is 11.8 Å². The molecule has 0 unspecified atom stereocenters. The number of aromatic nitrogens is 1. The zero-order chi connectivity index (χ0) is 12.8. The SMILES string of the molecule is Cn1c(C(F)(F)F)cc(=O)c2cc(N)ccc21. The Labute approximate surface area is 94.3 Å². The van der Waals surface area contributed by atoms with Crippen molar-refractivity contribution in [3.8, 4) is 0 Å². The first kappa shape index (κ1) is 11.5. The molecule has 0 aliphatic carbocycles. The standard InChI is InChI=1S/C11H9F3N2O/c1-16-8-3-2-6(15)4-7(8)9(17)5-10(16)11(12,13)14/h2-5H,15H2,1H3. The van der Waals surface area contributed by atoms with Gasteiger partial charge in [0.25, 0.3) is 0 Å². The van der Waals surface area contributed by atoms with Crippen LogP contribution in [0.2, 0.25) is 0 Å². The van der Waals surface area contributed by atoms with E-state index in [9.17, 15) is 18.0 Å². The van der Waals surface area contributed by atoms with Crippen molar-refractivity contribution in [2.75, 3.05) is 5.73 Å². The second-order valence-corrected chi connectivity index (χ2v) is 3.73. The molecule has 2 N–H and O–H groups in total. The normalized spacial score (nSPS) is 12.0. The summed E-state index contributed by atoms with van der Waals surface area (Å²) in [5.41, 5.74) is 4.39. The quantitative estimate of drug-likeness (QED) is 0.719. The van der Waals surface area contributed by atoms with Crippen molar-refractivity contribution in [2.45, 2.75) is 6.18 Å². The molecular weight excluding hydrogens is 233 g/mol. The predicted octanol–water partition coefficient (Wildman–Crippen LogP) is 2.14. The van der Waals surface area contributed by atoms with Gasteiger partial charge in [0.1, 0.15) is 5.69 Å². The molecule has 0 saturated carbocycles. The van der Waals surface area contributed by atoms with Crippen LogP contribution in [0.15, 0.2) is 29.1 Å². The van der Waals surface area contributed by atoms with Crippen LogP contribution in [0.5, 0.6) is 0 Å². The molecule has 6 heteroatoms. The number of pyridine rings is 1. The lowest BCUT2D eigenvalue weighted by Crippen LogP contribution is -2.19. The number of anilines is 1. The van der Waals surface area contributed by atoms with E-state index < -0.39 is 17.3 Å². The molecule has 1 heterocycles. The van der Waals surface area contributed by atoms with Gasteiger partial charge >= 0.3 is 6.18 Å². The van der Waals surface area contributed by atoms with Gasteiger partial charge in [0.2, 0.25) is 0 Å². The second-order valence-electron chi connectivity index (χ2n) is 3.73. The molecule has 1 aromatic heterocycles. The van der Waals surface area contributed by atoms with Gasteiger partial charge in [0, 0.05) is 24.2 Å². The van der Waals surface area contributed by atoms with Crippen LogP contribution in [-0.4, -0.2) is 4.57 Å². The van der Waals surface area contributed by atoms with E-state index in [4.69, 9.17) is 5.73 Å². The first-order valence-electron chi connectivity index (χ1n) is 4.77. The van der Waals surface area contributed by atoms with E-state index in [2.05, 4.69) is 0 Å². The van der Waals surface area contributed by atoms with E-state index in [1.54, 1.807) is 0 Å². The monoisotopic (exact) mass is 242 g/mol. The summed E-state index contributed by atoms with van der Waals surface area (Å²) in [6.07, 6.45) is -4.55. The van der Waals surface area contributed by atoms with Gasteiger partial charge in [-0.2, -0.15) is 13.2 Å². The van der Waals surface area contributed by atoms with E-state index in [1.807, 2.05) is 0 Å². The van der Waals surface area contributed by atoms with Crippen molar-refractivity contribution in [3.05, 3.63) is 40.2 Å². The first-order chi connectivity index (χ1) is 7.80. The van der Waals surface area contributed by atoms with Gasteiger partial charge in [0.15, 0.2) is 5.43 Å². The van der Waals surface area contributed by atoms with E-state index in [1.165, 1.54) is 25.2 Å². The summed E-state index contributed by atoms with van der Waals surface area (Å²) in [5, 5.41) is 0.181. The van der Waals surface area contributed by atoms with Gasteiger partial charge in [-0.15, -0.1) is 0 Å². The molecule has 2 aromatic rings. The zero-order valence-corrected chi connectivity index (χ0v) is 8.88. The Morgan fingerprint density at radius 3 is 2.47 bits per heavy atom. The van der Waals surface area contributed by atoms with Gasteiger partial charge in [-0.25, -0.2) is 0 Å². The Bertz CT molecular complexity index is 643. The van der Waals surface area contributed by atoms with E-state index in [-0.39, 0.29) is 10.9 Å². The van der Waals surface area contributed by atoms with Crippen molar-refractivity contribution in [2.24, 2.45) is 7.05 Å². The smallest absolute Gasteiger partial charge is 0.399 e. The predicted molar refractivity (Wildman–Crippen MR) is 58.6 cm³/mol. The third-order valence-corrected chi connectivity index (χ3v) is 2.57. The molecule has 0 fully saturated rings. The molecular formula is C11H9F3N2O. The Morgan fingerprint density at radius 2 is 1.88 bits per heavy atom. The molecule has 1 aromatic carbocycles. The summed E-state index contributed by atoms with van der Waals surface area (Å²) in [5.74, 6) is 0.